The fourth-order valence-electron chi connectivity index (χ4n) is 2.11. The zero-order valence-corrected chi connectivity index (χ0v) is 10.7. The molecular weight excluding hydrogens is 233 g/mol. The average Bonchev–Trinajstić information content (AvgIpc) is 2.90. The minimum atomic E-state index is -0.243. The van der Waals surface area contributed by atoms with Crippen molar-refractivity contribution < 1.29 is 13.9 Å². The molecule has 1 aromatic rings. The highest BCUT2D eigenvalue weighted by Gasteiger charge is 2.21. The molecule has 1 aliphatic rings. The average molecular weight is 253 g/mol. The predicted molar refractivity (Wildman–Crippen MR) is 68.3 cm³/mol. The summed E-state index contributed by atoms with van der Waals surface area (Å²) in [6.45, 7) is 4.34. The highest BCUT2D eigenvalue weighted by atomic mass is 19.1. The molecule has 1 N–H and O–H groups in total. The molecule has 1 saturated heterocycles. The second kappa shape index (κ2) is 6.71. The molecule has 2 atom stereocenters. The van der Waals surface area contributed by atoms with E-state index < -0.39 is 0 Å². The summed E-state index contributed by atoms with van der Waals surface area (Å²) in [6.07, 6.45) is 2.62. The SMILES string of the molecule is CC(NCCOc1ccc(F)cc1)C1CCCO1. The Balaban J connectivity index is 1.62. The van der Waals surface area contributed by atoms with E-state index in [0.29, 0.717) is 24.5 Å². The lowest BCUT2D eigenvalue weighted by Gasteiger charge is -2.20. The van der Waals surface area contributed by atoms with Crippen molar-refractivity contribution in [3.8, 4) is 5.75 Å². The van der Waals surface area contributed by atoms with Gasteiger partial charge in [0.15, 0.2) is 0 Å². The smallest absolute Gasteiger partial charge is 0.123 e. The van der Waals surface area contributed by atoms with Crippen LogP contribution in [0.15, 0.2) is 24.3 Å². The maximum atomic E-state index is 12.7. The molecule has 4 heteroatoms. The molecule has 0 amide bonds. The van der Waals surface area contributed by atoms with Gasteiger partial charge in [-0.05, 0) is 44.0 Å². The third-order valence-electron chi connectivity index (χ3n) is 3.17. The number of halogens is 1. The van der Waals surface area contributed by atoms with E-state index in [1.165, 1.54) is 12.1 Å². The molecule has 1 aromatic carbocycles. The first kappa shape index (κ1) is 13.3. The number of hydrogen-bond donors (Lipinski definition) is 1. The first-order valence-corrected chi connectivity index (χ1v) is 6.49. The lowest BCUT2D eigenvalue weighted by molar-refractivity contribution is 0.0824. The van der Waals surface area contributed by atoms with Gasteiger partial charge in [0, 0.05) is 19.2 Å². The lowest BCUT2D eigenvalue weighted by Crippen LogP contribution is -2.39. The highest BCUT2D eigenvalue weighted by Crippen LogP contribution is 2.15. The van der Waals surface area contributed by atoms with E-state index in [4.69, 9.17) is 9.47 Å². The summed E-state index contributed by atoms with van der Waals surface area (Å²) in [5.74, 6) is 0.454. The Labute approximate surface area is 107 Å². The quantitative estimate of drug-likeness (QED) is 0.789. The fraction of sp³-hybridized carbons (Fsp3) is 0.571. The molecule has 0 aromatic heterocycles. The van der Waals surface area contributed by atoms with Gasteiger partial charge in [0.05, 0.1) is 6.10 Å². The van der Waals surface area contributed by atoms with E-state index in [-0.39, 0.29) is 5.82 Å². The molecule has 0 saturated carbocycles. The molecule has 1 fully saturated rings. The van der Waals surface area contributed by atoms with Crippen molar-refractivity contribution in [2.24, 2.45) is 0 Å². The van der Waals surface area contributed by atoms with Crippen molar-refractivity contribution in [1.29, 1.82) is 0 Å². The molecule has 0 spiro atoms. The number of nitrogens with one attached hydrogen (secondary N) is 1. The Morgan fingerprint density at radius 3 is 2.89 bits per heavy atom. The minimum absolute atomic E-state index is 0.243. The van der Waals surface area contributed by atoms with Crippen LogP contribution in [0.1, 0.15) is 19.8 Å². The minimum Gasteiger partial charge on any atom is -0.492 e. The van der Waals surface area contributed by atoms with Gasteiger partial charge >= 0.3 is 0 Å². The summed E-state index contributed by atoms with van der Waals surface area (Å²) in [6, 6.07) is 6.43. The van der Waals surface area contributed by atoms with Crippen LogP contribution in [0.3, 0.4) is 0 Å². The summed E-state index contributed by atoms with van der Waals surface area (Å²) in [4.78, 5) is 0. The third kappa shape index (κ3) is 3.96. The van der Waals surface area contributed by atoms with Crippen LogP contribution < -0.4 is 10.1 Å². The number of hydrogen-bond acceptors (Lipinski definition) is 3. The largest absolute Gasteiger partial charge is 0.492 e. The van der Waals surface area contributed by atoms with Crippen molar-refractivity contribution in [3.63, 3.8) is 0 Å². The molecule has 0 bridgehead atoms. The second-order valence-corrected chi connectivity index (χ2v) is 4.60. The normalized spacial score (nSPS) is 20.9. The van der Waals surface area contributed by atoms with Gasteiger partial charge < -0.3 is 14.8 Å². The van der Waals surface area contributed by atoms with Gasteiger partial charge in [0.25, 0.3) is 0 Å². The molecule has 0 aliphatic carbocycles. The standard InChI is InChI=1S/C14H20FNO2/c1-11(14-3-2-9-18-14)16-8-10-17-13-6-4-12(15)5-7-13/h4-7,11,14,16H,2-3,8-10H2,1H3. The summed E-state index contributed by atoms with van der Waals surface area (Å²) >= 11 is 0. The molecule has 2 unspecified atom stereocenters. The monoisotopic (exact) mass is 253 g/mol. The maximum Gasteiger partial charge on any atom is 0.123 e. The molecule has 2 rings (SSSR count). The van der Waals surface area contributed by atoms with Crippen LogP contribution in [0.4, 0.5) is 4.39 Å². The number of rotatable bonds is 6. The zero-order valence-electron chi connectivity index (χ0n) is 10.7. The van der Waals surface area contributed by atoms with Crippen LogP contribution >= 0.6 is 0 Å². The Hall–Kier alpha value is -1.13. The van der Waals surface area contributed by atoms with Crippen LogP contribution in [0, 0.1) is 5.82 Å². The van der Waals surface area contributed by atoms with E-state index in [1.54, 1.807) is 12.1 Å². The van der Waals surface area contributed by atoms with Crippen LogP contribution in [-0.2, 0) is 4.74 Å². The van der Waals surface area contributed by atoms with Crippen molar-refractivity contribution in [2.45, 2.75) is 31.9 Å². The molecule has 1 aliphatic heterocycles. The molecular formula is C14H20FNO2. The van der Waals surface area contributed by atoms with Crippen LogP contribution in [0.5, 0.6) is 5.75 Å². The third-order valence-corrected chi connectivity index (χ3v) is 3.17. The highest BCUT2D eigenvalue weighted by molar-refractivity contribution is 5.21. The second-order valence-electron chi connectivity index (χ2n) is 4.60. The topological polar surface area (TPSA) is 30.5 Å². The van der Waals surface area contributed by atoms with E-state index in [2.05, 4.69) is 12.2 Å². The number of ether oxygens (including phenoxy) is 2. The van der Waals surface area contributed by atoms with Gasteiger partial charge in [-0.2, -0.15) is 0 Å². The van der Waals surface area contributed by atoms with Crippen molar-refractivity contribution >= 4 is 0 Å². The van der Waals surface area contributed by atoms with Gasteiger partial charge in [-0.1, -0.05) is 0 Å². The zero-order chi connectivity index (χ0) is 12.8. The van der Waals surface area contributed by atoms with Crippen molar-refractivity contribution in [1.82, 2.24) is 5.32 Å². The summed E-state index contributed by atoms with van der Waals surface area (Å²) in [5.41, 5.74) is 0. The van der Waals surface area contributed by atoms with Crippen molar-refractivity contribution in [2.75, 3.05) is 19.8 Å². The van der Waals surface area contributed by atoms with Gasteiger partial charge in [0.1, 0.15) is 18.2 Å². The fourth-order valence-corrected chi connectivity index (χ4v) is 2.11. The van der Waals surface area contributed by atoms with Gasteiger partial charge in [-0.15, -0.1) is 0 Å². The van der Waals surface area contributed by atoms with Gasteiger partial charge in [-0.3, -0.25) is 0 Å². The van der Waals surface area contributed by atoms with Crippen LogP contribution in [0.25, 0.3) is 0 Å². The molecule has 3 nitrogen and oxygen atoms in total. The van der Waals surface area contributed by atoms with Crippen molar-refractivity contribution in [3.05, 3.63) is 30.1 Å². The summed E-state index contributed by atoms with van der Waals surface area (Å²) < 4.78 is 23.8. The molecule has 18 heavy (non-hydrogen) atoms. The molecule has 1 heterocycles. The lowest BCUT2D eigenvalue weighted by atomic mass is 10.1. The maximum absolute atomic E-state index is 12.7. The van der Waals surface area contributed by atoms with E-state index in [0.717, 1.165) is 26.0 Å². The Bertz CT molecular complexity index is 349. The van der Waals surface area contributed by atoms with E-state index in [1.807, 2.05) is 0 Å². The van der Waals surface area contributed by atoms with Crippen LogP contribution in [0.2, 0.25) is 0 Å². The first-order valence-electron chi connectivity index (χ1n) is 6.49. The Kier molecular flexibility index (Phi) is 4.96. The summed E-state index contributed by atoms with van der Waals surface area (Å²) in [5, 5.41) is 3.38. The molecule has 0 radical (unpaired) electrons. The Morgan fingerprint density at radius 2 is 2.22 bits per heavy atom. The van der Waals surface area contributed by atoms with E-state index >= 15 is 0 Å². The first-order chi connectivity index (χ1) is 8.75. The van der Waals surface area contributed by atoms with Gasteiger partial charge in [0.2, 0.25) is 0 Å². The Morgan fingerprint density at radius 1 is 1.44 bits per heavy atom. The van der Waals surface area contributed by atoms with Gasteiger partial charge in [-0.25, -0.2) is 4.39 Å². The molecule has 100 valence electrons. The van der Waals surface area contributed by atoms with E-state index in [9.17, 15) is 4.39 Å². The summed E-state index contributed by atoms with van der Waals surface area (Å²) in [7, 11) is 0. The number of benzene rings is 1. The predicted octanol–water partition coefficient (Wildman–Crippen LogP) is 2.36. The van der Waals surface area contributed by atoms with Crippen LogP contribution in [-0.4, -0.2) is 31.9 Å².